The molecule has 19 heteroatoms. The van der Waals surface area contributed by atoms with Crippen LogP contribution in [0.2, 0.25) is 0 Å². The van der Waals surface area contributed by atoms with Gasteiger partial charge in [-0.05, 0) is 32.1 Å². The molecule has 3 rings (SSSR count). The Kier molecular flexibility index (Phi) is 40.5. The number of aliphatic hydroxyl groups is 11. The van der Waals surface area contributed by atoms with Crippen molar-refractivity contribution in [1.82, 2.24) is 5.32 Å². The number of unbranched alkanes of at least 4 members (excludes halogenated alkanes) is 29. The van der Waals surface area contributed by atoms with Gasteiger partial charge in [-0.3, -0.25) is 4.79 Å². The van der Waals surface area contributed by atoms with Gasteiger partial charge in [0, 0.05) is 6.42 Å². The van der Waals surface area contributed by atoms with Gasteiger partial charge in [0.05, 0.1) is 38.6 Å². The lowest BCUT2D eigenvalue weighted by molar-refractivity contribution is -0.379. The molecule has 0 aromatic carbocycles. The molecule has 1 amide bonds. The number of aliphatic hydroxyl groups excluding tert-OH is 11. The Morgan fingerprint density at radius 2 is 0.800 bits per heavy atom. The van der Waals surface area contributed by atoms with Crippen molar-refractivity contribution in [2.45, 2.75) is 330 Å². The molecule has 3 saturated heterocycles. The molecule has 3 heterocycles. The van der Waals surface area contributed by atoms with E-state index in [0.717, 1.165) is 38.5 Å². The molecule has 12 N–H and O–H groups in total. The highest BCUT2D eigenvalue weighted by molar-refractivity contribution is 5.76. The largest absolute Gasteiger partial charge is 0.394 e. The highest BCUT2D eigenvalue weighted by atomic mass is 16.8. The first-order valence-electron chi connectivity index (χ1n) is 31.6. The van der Waals surface area contributed by atoms with E-state index in [1.54, 1.807) is 6.08 Å². The van der Waals surface area contributed by atoms with Crippen LogP contribution in [0.5, 0.6) is 0 Å². The van der Waals surface area contributed by atoms with E-state index >= 15 is 0 Å². The average Bonchev–Trinajstić information content (AvgIpc) is 3.58. The quantitative estimate of drug-likeness (QED) is 0.0234. The van der Waals surface area contributed by atoms with E-state index in [2.05, 4.69) is 31.3 Å². The number of allylic oxidation sites excluding steroid dienone is 3. The summed E-state index contributed by atoms with van der Waals surface area (Å²) in [5.41, 5.74) is 0. The van der Waals surface area contributed by atoms with Gasteiger partial charge in [0.2, 0.25) is 5.91 Å². The topological polar surface area (TPSA) is 307 Å². The van der Waals surface area contributed by atoms with Gasteiger partial charge in [0.25, 0.3) is 0 Å². The van der Waals surface area contributed by atoms with Gasteiger partial charge in [-0.15, -0.1) is 0 Å². The maximum absolute atomic E-state index is 13.3. The molecule has 0 aliphatic carbocycles. The minimum Gasteiger partial charge on any atom is -0.394 e. The van der Waals surface area contributed by atoms with Gasteiger partial charge >= 0.3 is 0 Å². The second-order valence-corrected chi connectivity index (χ2v) is 22.9. The number of nitrogens with one attached hydrogen (secondary N) is 1. The fraction of sp³-hybridized carbons (Fsp3) is 0.918. The lowest BCUT2D eigenvalue weighted by atomic mass is 9.96. The summed E-state index contributed by atoms with van der Waals surface area (Å²) in [6.45, 7) is 1.71. The van der Waals surface area contributed by atoms with E-state index in [1.807, 2.05) is 6.08 Å². The van der Waals surface area contributed by atoms with Crippen LogP contribution in [0, 0.1) is 0 Å². The summed E-state index contributed by atoms with van der Waals surface area (Å²) in [6.07, 6.45) is 20.2. The Labute approximate surface area is 479 Å². The van der Waals surface area contributed by atoms with Crippen molar-refractivity contribution < 1.29 is 89.4 Å². The van der Waals surface area contributed by atoms with Crippen LogP contribution in [0.1, 0.15) is 226 Å². The number of carbonyl (C=O) groups is 1. The number of carbonyl (C=O) groups excluding carboxylic acids is 1. The number of amides is 1. The molecule has 0 aromatic rings. The number of rotatable bonds is 47. The van der Waals surface area contributed by atoms with Crippen molar-refractivity contribution in [2.75, 3.05) is 26.4 Å². The number of hydrogen-bond donors (Lipinski definition) is 12. The normalized spacial score (nSPS) is 30.1. The molecular weight excluding hydrogens is 1030 g/mol. The van der Waals surface area contributed by atoms with Gasteiger partial charge in [-0.25, -0.2) is 0 Å². The Bertz CT molecular complexity index is 1560. The second-order valence-electron chi connectivity index (χ2n) is 22.9. The van der Waals surface area contributed by atoms with Crippen LogP contribution in [0.25, 0.3) is 0 Å². The predicted octanol–water partition coefficient (Wildman–Crippen LogP) is 6.32. The van der Waals surface area contributed by atoms with Crippen molar-refractivity contribution in [2.24, 2.45) is 0 Å². The zero-order valence-electron chi connectivity index (χ0n) is 49.1. The highest BCUT2D eigenvalue weighted by Gasteiger charge is 2.53. The Balaban J connectivity index is 1.49. The lowest BCUT2D eigenvalue weighted by Crippen LogP contribution is -2.66. The van der Waals surface area contributed by atoms with Crippen LogP contribution < -0.4 is 5.32 Å². The summed E-state index contributed by atoms with van der Waals surface area (Å²) in [6, 6.07) is -0.985. The standard InChI is InChI=1S/C61H113NO18/c1-3-5-7-9-11-13-15-17-18-19-20-21-22-23-24-25-27-28-30-32-34-36-38-45(66)44(62-49(67)39-37-35-33-31-29-26-16-14-12-10-8-6-4-2)43-75-59-55(73)52(70)57(47(41-64)77-59)80-61-56(74)53(71)58(48(42-65)78-61)79-60-54(72)51(69)50(68)46(40-63)76-60/h28,30,36,38,44-48,50-61,63-66,68-74H,3-27,29,31-35,37,39-43H2,1-2H3,(H,62,67)/b30-28+,38-36+. The lowest BCUT2D eigenvalue weighted by Gasteiger charge is -2.48. The van der Waals surface area contributed by atoms with Crippen LogP contribution in [0.4, 0.5) is 0 Å². The molecule has 0 bridgehead atoms. The van der Waals surface area contributed by atoms with Crippen LogP contribution in [0.3, 0.4) is 0 Å². The molecule has 17 unspecified atom stereocenters. The molecule has 470 valence electrons. The number of ether oxygens (including phenoxy) is 6. The average molecular weight is 1150 g/mol. The highest BCUT2D eigenvalue weighted by Crippen LogP contribution is 2.33. The molecule has 3 fully saturated rings. The zero-order valence-corrected chi connectivity index (χ0v) is 49.1. The minimum absolute atomic E-state index is 0.239. The Morgan fingerprint density at radius 1 is 0.438 bits per heavy atom. The van der Waals surface area contributed by atoms with E-state index in [0.29, 0.717) is 12.8 Å². The van der Waals surface area contributed by atoms with E-state index in [9.17, 15) is 61.0 Å². The molecule has 0 radical (unpaired) electrons. The van der Waals surface area contributed by atoms with Gasteiger partial charge < -0.3 is 89.9 Å². The summed E-state index contributed by atoms with van der Waals surface area (Å²) >= 11 is 0. The molecule has 3 aliphatic rings. The third-order valence-corrected chi connectivity index (χ3v) is 16.0. The van der Waals surface area contributed by atoms with E-state index in [-0.39, 0.29) is 18.9 Å². The molecule has 0 spiro atoms. The number of hydrogen-bond acceptors (Lipinski definition) is 18. The Hall–Kier alpha value is -1.73. The zero-order chi connectivity index (χ0) is 58.3. The van der Waals surface area contributed by atoms with E-state index in [1.165, 1.54) is 154 Å². The van der Waals surface area contributed by atoms with Crippen molar-refractivity contribution in [3.05, 3.63) is 24.3 Å². The van der Waals surface area contributed by atoms with Gasteiger partial charge in [-0.2, -0.15) is 0 Å². The van der Waals surface area contributed by atoms with Gasteiger partial charge in [-0.1, -0.05) is 212 Å². The van der Waals surface area contributed by atoms with Crippen molar-refractivity contribution in [3.63, 3.8) is 0 Å². The maximum atomic E-state index is 13.3. The summed E-state index contributed by atoms with van der Waals surface area (Å²) in [4.78, 5) is 13.3. The van der Waals surface area contributed by atoms with Crippen LogP contribution in [0.15, 0.2) is 24.3 Å². The first-order chi connectivity index (χ1) is 38.8. The predicted molar refractivity (Wildman–Crippen MR) is 305 cm³/mol. The smallest absolute Gasteiger partial charge is 0.220 e. The first kappa shape index (κ1) is 72.5. The summed E-state index contributed by atoms with van der Waals surface area (Å²) < 4.78 is 34.2. The molecule has 19 nitrogen and oxygen atoms in total. The third kappa shape index (κ3) is 28.0. The van der Waals surface area contributed by atoms with Crippen LogP contribution in [-0.4, -0.2) is 193 Å². The molecule has 17 atom stereocenters. The minimum atomic E-state index is -1.98. The fourth-order valence-corrected chi connectivity index (χ4v) is 10.8. The monoisotopic (exact) mass is 1150 g/mol. The molecule has 0 saturated carbocycles. The SMILES string of the molecule is CCCCCCCCCCCCCCCCCC/C=C/CC/C=C/C(O)C(COC1OC(CO)C(OC2OC(CO)C(OC3OC(CO)C(O)C(O)C3O)C(O)C2O)C(O)C1O)NC(=O)CCCCCCCCCCCCCCC. The molecule has 0 aromatic heterocycles. The van der Waals surface area contributed by atoms with Crippen LogP contribution in [-0.2, 0) is 33.2 Å². The van der Waals surface area contributed by atoms with E-state index in [4.69, 9.17) is 28.4 Å². The van der Waals surface area contributed by atoms with Crippen molar-refractivity contribution in [3.8, 4) is 0 Å². The Morgan fingerprint density at radius 3 is 1.25 bits per heavy atom. The van der Waals surface area contributed by atoms with Gasteiger partial charge in [0.1, 0.15) is 73.2 Å². The first-order valence-corrected chi connectivity index (χ1v) is 31.6. The van der Waals surface area contributed by atoms with Gasteiger partial charge in [0.15, 0.2) is 18.9 Å². The third-order valence-electron chi connectivity index (χ3n) is 16.0. The molecular formula is C61H113NO18. The fourth-order valence-electron chi connectivity index (χ4n) is 10.8. The summed E-state index contributed by atoms with van der Waals surface area (Å²) in [7, 11) is 0. The van der Waals surface area contributed by atoms with Crippen molar-refractivity contribution >= 4 is 5.91 Å². The maximum Gasteiger partial charge on any atom is 0.220 e. The van der Waals surface area contributed by atoms with Crippen molar-refractivity contribution in [1.29, 1.82) is 0 Å². The molecule has 3 aliphatic heterocycles. The molecule has 80 heavy (non-hydrogen) atoms. The summed E-state index contributed by atoms with van der Waals surface area (Å²) in [5, 5.41) is 120. The van der Waals surface area contributed by atoms with Crippen LogP contribution >= 0.6 is 0 Å². The van der Waals surface area contributed by atoms with E-state index < -0.39 is 124 Å². The second kappa shape index (κ2) is 44.7. The summed E-state index contributed by atoms with van der Waals surface area (Å²) in [5.74, 6) is -0.284.